The topological polar surface area (TPSA) is 94.8 Å². The number of hydrogen-bond acceptors (Lipinski definition) is 5. The number of hydrogen-bond donors (Lipinski definition) is 2. The lowest BCUT2D eigenvalue weighted by molar-refractivity contribution is -0.0353. The van der Waals surface area contributed by atoms with Gasteiger partial charge in [-0.2, -0.15) is 10.2 Å². The molecule has 0 amide bonds. The van der Waals surface area contributed by atoms with Gasteiger partial charge in [-0.25, -0.2) is 22.8 Å². The Hall–Kier alpha value is -3.40. The van der Waals surface area contributed by atoms with E-state index in [1.165, 1.54) is 46.3 Å². The number of aromatic nitrogens is 5. The third kappa shape index (κ3) is 3.21. The van der Waals surface area contributed by atoms with Gasteiger partial charge in [0.15, 0.2) is 5.82 Å². The molecule has 0 fully saturated rings. The van der Waals surface area contributed by atoms with Gasteiger partial charge in [0.1, 0.15) is 35.7 Å². The highest BCUT2D eigenvalue weighted by molar-refractivity contribution is 5.89. The first-order chi connectivity index (χ1) is 13.8. The maximum atomic E-state index is 14.7. The third-order valence-corrected chi connectivity index (χ3v) is 5.02. The molecule has 0 aliphatic heterocycles. The fraction of sp³-hybridized carbons (Fsp3) is 0.211. The molecule has 0 saturated heterocycles. The molecule has 29 heavy (non-hydrogen) atoms. The summed E-state index contributed by atoms with van der Waals surface area (Å²) in [6.45, 7) is 1.41. The van der Waals surface area contributed by atoms with Gasteiger partial charge in [-0.3, -0.25) is 4.68 Å². The Kier molecular flexibility index (Phi) is 4.50. The normalized spacial score (nSPS) is 14.8. The van der Waals surface area contributed by atoms with Crippen LogP contribution in [0.25, 0.3) is 10.9 Å². The fourth-order valence-electron chi connectivity index (χ4n) is 3.48. The summed E-state index contributed by atoms with van der Waals surface area (Å²) in [6.07, 6.45) is 2.64. The van der Waals surface area contributed by atoms with E-state index in [9.17, 15) is 18.3 Å². The Morgan fingerprint density at radius 2 is 1.86 bits per heavy atom. The molecule has 150 valence electrons. The van der Waals surface area contributed by atoms with Gasteiger partial charge >= 0.3 is 0 Å². The Balaban J connectivity index is 1.89. The highest BCUT2D eigenvalue weighted by atomic mass is 19.1. The molecular formula is C19H17F3N6O. The van der Waals surface area contributed by atoms with Crippen LogP contribution in [-0.4, -0.2) is 29.7 Å². The molecule has 0 radical (unpaired) electrons. The molecule has 4 rings (SSSR count). The number of nitrogens with two attached hydrogens (primary N) is 1. The first kappa shape index (κ1) is 18.9. The monoisotopic (exact) mass is 402 g/mol. The molecule has 0 aliphatic carbocycles. The van der Waals surface area contributed by atoms with E-state index < -0.39 is 29.1 Å². The molecule has 4 aromatic rings. The lowest BCUT2D eigenvalue weighted by atomic mass is 9.86. The summed E-state index contributed by atoms with van der Waals surface area (Å²) in [5.74, 6) is -2.12. The van der Waals surface area contributed by atoms with Crippen LogP contribution in [0.1, 0.15) is 18.5 Å². The van der Waals surface area contributed by atoms with Gasteiger partial charge < -0.3 is 10.8 Å². The Labute approximate surface area is 163 Å². The zero-order chi connectivity index (χ0) is 20.8. The van der Waals surface area contributed by atoms with Gasteiger partial charge in [0, 0.05) is 17.0 Å². The highest BCUT2D eigenvalue weighted by Gasteiger charge is 2.41. The van der Waals surface area contributed by atoms with E-state index >= 15 is 0 Å². The summed E-state index contributed by atoms with van der Waals surface area (Å²) >= 11 is 0. The highest BCUT2D eigenvalue weighted by Crippen LogP contribution is 2.38. The van der Waals surface area contributed by atoms with Crippen molar-refractivity contribution in [2.24, 2.45) is 0 Å². The van der Waals surface area contributed by atoms with Crippen LogP contribution in [0.5, 0.6) is 0 Å². The lowest BCUT2D eigenvalue weighted by Gasteiger charge is -2.35. The van der Waals surface area contributed by atoms with E-state index in [1.807, 2.05) is 0 Å². The number of nitrogens with zero attached hydrogens (tertiary/aromatic N) is 5. The van der Waals surface area contributed by atoms with Gasteiger partial charge in [0.2, 0.25) is 0 Å². The zero-order valence-electron chi connectivity index (χ0n) is 15.3. The predicted molar refractivity (Wildman–Crippen MR) is 99.1 cm³/mol. The van der Waals surface area contributed by atoms with Crippen LogP contribution < -0.4 is 5.73 Å². The molecule has 0 saturated carbocycles. The van der Waals surface area contributed by atoms with Crippen molar-refractivity contribution >= 4 is 16.7 Å². The fourth-order valence-corrected chi connectivity index (χ4v) is 3.48. The molecule has 0 aliphatic rings. The van der Waals surface area contributed by atoms with Crippen LogP contribution >= 0.6 is 0 Å². The van der Waals surface area contributed by atoms with Crippen LogP contribution in [0.4, 0.5) is 19.0 Å². The molecule has 0 unspecified atom stereocenters. The standard InChI is InChI=1S/C19H17F3N6O/c1-11(28-17-5-3-12(20)6-14(17)18(23)26-28)19(29,8-27-10-24-9-25-27)15-4-2-13(21)7-16(15)22/h2-7,9-11,29H,8H2,1H3,(H2,23,26)/t11-,19-/m1/s1. The summed E-state index contributed by atoms with van der Waals surface area (Å²) in [4.78, 5) is 3.84. The van der Waals surface area contributed by atoms with Crippen LogP contribution in [0.15, 0.2) is 49.1 Å². The predicted octanol–water partition coefficient (Wildman–Crippen LogP) is 2.78. The van der Waals surface area contributed by atoms with E-state index in [0.717, 1.165) is 6.07 Å². The van der Waals surface area contributed by atoms with Crippen molar-refractivity contribution < 1.29 is 18.3 Å². The first-order valence-electron chi connectivity index (χ1n) is 8.73. The van der Waals surface area contributed by atoms with E-state index in [-0.39, 0.29) is 17.9 Å². The number of fused-ring (bicyclic) bond motifs is 1. The average molecular weight is 402 g/mol. The van der Waals surface area contributed by atoms with Crippen molar-refractivity contribution in [3.63, 3.8) is 0 Å². The van der Waals surface area contributed by atoms with Gasteiger partial charge in [0.25, 0.3) is 0 Å². The molecule has 2 heterocycles. The summed E-state index contributed by atoms with van der Waals surface area (Å²) in [6, 6.07) is 5.98. The van der Waals surface area contributed by atoms with Gasteiger partial charge in [0.05, 0.1) is 18.1 Å². The minimum Gasteiger partial charge on any atom is -0.382 e. The summed E-state index contributed by atoms with van der Waals surface area (Å²) in [5.41, 5.74) is 4.32. The SMILES string of the molecule is C[C@@H](n1nc(N)c2cc(F)ccc21)[C@](O)(Cn1cncn1)c1ccc(F)cc1F. The van der Waals surface area contributed by atoms with Crippen LogP contribution in [-0.2, 0) is 12.1 Å². The maximum Gasteiger partial charge on any atom is 0.153 e. The largest absolute Gasteiger partial charge is 0.382 e. The quantitative estimate of drug-likeness (QED) is 0.535. The molecular weight excluding hydrogens is 385 g/mol. The maximum absolute atomic E-state index is 14.7. The molecule has 2 aromatic heterocycles. The number of benzene rings is 2. The molecule has 0 spiro atoms. The number of anilines is 1. The van der Waals surface area contributed by atoms with Crippen molar-refractivity contribution in [3.05, 3.63) is 72.1 Å². The smallest absolute Gasteiger partial charge is 0.153 e. The molecule has 7 nitrogen and oxygen atoms in total. The van der Waals surface area contributed by atoms with Crippen molar-refractivity contribution in [1.82, 2.24) is 24.5 Å². The Morgan fingerprint density at radius 3 is 2.55 bits per heavy atom. The Morgan fingerprint density at radius 1 is 1.14 bits per heavy atom. The van der Waals surface area contributed by atoms with Crippen LogP contribution in [0.2, 0.25) is 0 Å². The lowest BCUT2D eigenvalue weighted by Crippen LogP contribution is -2.41. The summed E-state index contributed by atoms with van der Waals surface area (Å²) < 4.78 is 44.5. The molecule has 10 heteroatoms. The second-order valence-corrected chi connectivity index (χ2v) is 6.81. The van der Waals surface area contributed by atoms with Crippen molar-refractivity contribution in [2.75, 3.05) is 5.73 Å². The van der Waals surface area contributed by atoms with Gasteiger partial charge in [-0.15, -0.1) is 0 Å². The van der Waals surface area contributed by atoms with E-state index in [1.54, 1.807) is 6.92 Å². The van der Waals surface area contributed by atoms with Crippen LogP contribution in [0, 0.1) is 17.5 Å². The number of halogens is 3. The van der Waals surface area contributed by atoms with E-state index in [4.69, 9.17) is 5.73 Å². The van der Waals surface area contributed by atoms with Crippen molar-refractivity contribution in [2.45, 2.75) is 25.1 Å². The summed E-state index contributed by atoms with van der Waals surface area (Å²) in [7, 11) is 0. The molecule has 0 bridgehead atoms. The van der Waals surface area contributed by atoms with Crippen molar-refractivity contribution in [1.29, 1.82) is 0 Å². The molecule has 2 atom stereocenters. The van der Waals surface area contributed by atoms with Crippen LogP contribution in [0.3, 0.4) is 0 Å². The first-order valence-corrected chi connectivity index (χ1v) is 8.73. The van der Waals surface area contributed by atoms with Crippen molar-refractivity contribution in [3.8, 4) is 0 Å². The number of aliphatic hydroxyl groups is 1. The number of rotatable bonds is 5. The number of nitrogen functional groups attached to an aromatic ring is 1. The molecule has 3 N–H and O–H groups in total. The van der Waals surface area contributed by atoms with Gasteiger partial charge in [-0.1, -0.05) is 6.07 Å². The minimum atomic E-state index is -1.91. The van der Waals surface area contributed by atoms with E-state index in [0.29, 0.717) is 17.0 Å². The Bertz CT molecular complexity index is 1180. The average Bonchev–Trinajstić information content (AvgIpc) is 3.29. The van der Waals surface area contributed by atoms with Gasteiger partial charge in [-0.05, 0) is 31.2 Å². The second-order valence-electron chi connectivity index (χ2n) is 6.81. The summed E-state index contributed by atoms with van der Waals surface area (Å²) in [5, 5.41) is 20.2. The van der Waals surface area contributed by atoms with E-state index in [2.05, 4.69) is 15.2 Å². The zero-order valence-corrected chi connectivity index (χ0v) is 15.3. The molecule has 2 aromatic carbocycles. The third-order valence-electron chi connectivity index (χ3n) is 5.02. The minimum absolute atomic E-state index is 0.0639. The second kappa shape index (κ2) is 6.89.